The maximum Gasteiger partial charge on any atom is 0.394 e. The van der Waals surface area contributed by atoms with E-state index in [2.05, 4.69) is 0 Å². The summed E-state index contributed by atoms with van der Waals surface area (Å²) in [6, 6.07) is 24.0. The van der Waals surface area contributed by atoms with Gasteiger partial charge in [0.15, 0.2) is 0 Å². The molecule has 0 amide bonds. The van der Waals surface area contributed by atoms with Crippen LogP contribution in [-0.4, -0.2) is 35.0 Å². The predicted molar refractivity (Wildman–Crippen MR) is 81.2 cm³/mol. The van der Waals surface area contributed by atoms with Gasteiger partial charge in [0, 0.05) is 0 Å². The molecule has 0 bridgehead atoms. The van der Waals surface area contributed by atoms with Crippen LogP contribution in [0, 0.1) is 0 Å². The Balaban J connectivity index is 0. The fourth-order valence-corrected chi connectivity index (χ4v) is 0.770. The zero-order chi connectivity index (χ0) is 17.5. The highest BCUT2D eigenvalue weighted by Crippen LogP contribution is 1.80. The Bertz CT molecular complexity index is 524. The highest BCUT2D eigenvalue weighted by molar-refractivity contribution is 7.80. The second-order valence-electron chi connectivity index (χ2n) is 3.21. The number of hydrogen-bond donors (Lipinski definition) is 4. The second kappa shape index (κ2) is 12.9. The molecule has 0 aliphatic carbocycles. The summed E-state index contributed by atoms with van der Waals surface area (Å²) in [5.74, 6) is 0. The molecule has 0 aromatic heterocycles. The molecule has 8 nitrogen and oxygen atoms in total. The van der Waals surface area contributed by atoms with E-state index in [0.29, 0.717) is 0 Å². The van der Waals surface area contributed by atoms with E-state index in [1.807, 2.05) is 72.8 Å². The molecule has 0 heterocycles. The van der Waals surface area contributed by atoms with E-state index in [4.69, 9.17) is 35.0 Å². The van der Waals surface area contributed by atoms with Gasteiger partial charge in [-0.15, -0.1) is 0 Å². The molecule has 22 heavy (non-hydrogen) atoms. The monoisotopic (exact) mass is 352 g/mol. The van der Waals surface area contributed by atoms with Crippen LogP contribution in [0.5, 0.6) is 0 Å². The molecule has 0 radical (unpaired) electrons. The van der Waals surface area contributed by atoms with Crippen molar-refractivity contribution in [3.05, 3.63) is 72.8 Å². The normalized spacial score (nSPS) is 9.64. The summed E-state index contributed by atoms with van der Waals surface area (Å²) in [6.45, 7) is 0. The first-order valence-electron chi connectivity index (χ1n) is 5.40. The van der Waals surface area contributed by atoms with Crippen LogP contribution in [0.3, 0.4) is 0 Å². The summed E-state index contributed by atoms with van der Waals surface area (Å²) in [7, 11) is -9.33. The highest BCUT2D eigenvalue weighted by atomic mass is 32.3. The van der Waals surface area contributed by atoms with Crippen LogP contribution in [-0.2, 0) is 20.8 Å². The summed E-state index contributed by atoms with van der Waals surface area (Å²) < 4.78 is 63.2. The van der Waals surface area contributed by atoms with Crippen molar-refractivity contribution in [3.8, 4) is 0 Å². The SMILES string of the molecule is O=S(=O)(O)O.O=S(=O)(O)O.c1ccccc1.c1ccccc1. The lowest BCUT2D eigenvalue weighted by Gasteiger charge is -1.69. The standard InChI is InChI=1S/2C6H6.2H2O4S/c2*1-2-4-6-5-3-1;2*1-5(2,3)4/h2*1-6H;2*(H2,1,2,3,4). The smallest absolute Gasteiger partial charge is 0.264 e. The van der Waals surface area contributed by atoms with Gasteiger partial charge in [-0.3, -0.25) is 18.2 Å². The van der Waals surface area contributed by atoms with Gasteiger partial charge in [0.25, 0.3) is 0 Å². The minimum absolute atomic E-state index is 2.00. The lowest BCUT2D eigenvalue weighted by Crippen LogP contribution is -1.89. The van der Waals surface area contributed by atoms with Crippen LogP contribution in [0.25, 0.3) is 0 Å². The molecule has 0 aliphatic rings. The highest BCUT2D eigenvalue weighted by Gasteiger charge is 1.85. The molecule has 2 aromatic rings. The summed E-state index contributed by atoms with van der Waals surface area (Å²) in [5.41, 5.74) is 0. The zero-order valence-electron chi connectivity index (χ0n) is 11.2. The Morgan fingerprint density at radius 1 is 0.364 bits per heavy atom. The molecule has 0 spiro atoms. The van der Waals surface area contributed by atoms with Crippen molar-refractivity contribution in [1.82, 2.24) is 0 Å². The van der Waals surface area contributed by atoms with Crippen molar-refractivity contribution in [3.63, 3.8) is 0 Å². The van der Waals surface area contributed by atoms with E-state index in [1.165, 1.54) is 0 Å². The third kappa shape index (κ3) is 51.8. The van der Waals surface area contributed by atoms with Gasteiger partial charge in [0.2, 0.25) is 0 Å². The summed E-state index contributed by atoms with van der Waals surface area (Å²) in [5, 5.41) is 0. The van der Waals surface area contributed by atoms with Crippen molar-refractivity contribution in [2.24, 2.45) is 0 Å². The Labute approximate surface area is 129 Å². The van der Waals surface area contributed by atoms with Gasteiger partial charge < -0.3 is 0 Å². The molecule has 124 valence electrons. The number of hydrogen-bond acceptors (Lipinski definition) is 4. The van der Waals surface area contributed by atoms with E-state index in [0.717, 1.165) is 0 Å². The Morgan fingerprint density at radius 3 is 0.455 bits per heavy atom. The van der Waals surface area contributed by atoms with E-state index < -0.39 is 20.8 Å². The Morgan fingerprint density at radius 2 is 0.409 bits per heavy atom. The fourth-order valence-electron chi connectivity index (χ4n) is 0.770. The van der Waals surface area contributed by atoms with Crippen molar-refractivity contribution in [1.29, 1.82) is 0 Å². The molecule has 10 heteroatoms. The molecule has 4 N–H and O–H groups in total. The summed E-state index contributed by atoms with van der Waals surface area (Å²) in [4.78, 5) is 0. The molecule has 0 atom stereocenters. The van der Waals surface area contributed by atoms with E-state index >= 15 is 0 Å². The molecule has 0 saturated carbocycles. The zero-order valence-corrected chi connectivity index (χ0v) is 12.8. The molecule has 2 aromatic carbocycles. The van der Waals surface area contributed by atoms with Crippen LogP contribution in [0.1, 0.15) is 0 Å². The van der Waals surface area contributed by atoms with Gasteiger partial charge in [-0.1, -0.05) is 72.8 Å². The largest absolute Gasteiger partial charge is 0.394 e. The Kier molecular flexibility index (Phi) is 13.2. The first kappa shape index (κ1) is 22.5. The lowest BCUT2D eigenvalue weighted by molar-refractivity contribution is 0.378. The number of rotatable bonds is 0. The second-order valence-corrected chi connectivity index (χ2v) is 5.00. The fraction of sp³-hybridized carbons (Fsp3) is 0. The van der Waals surface area contributed by atoms with Crippen molar-refractivity contribution < 1.29 is 35.0 Å². The van der Waals surface area contributed by atoms with Gasteiger partial charge in [0.1, 0.15) is 0 Å². The molecule has 2 rings (SSSR count). The van der Waals surface area contributed by atoms with Crippen molar-refractivity contribution in [2.75, 3.05) is 0 Å². The Hall–Kier alpha value is -1.82. The van der Waals surface area contributed by atoms with E-state index in [9.17, 15) is 0 Å². The molecule has 0 fully saturated rings. The average molecular weight is 352 g/mol. The third-order valence-corrected chi connectivity index (χ3v) is 1.33. The summed E-state index contributed by atoms with van der Waals surface area (Å²) in [6.07, 6.45) is 0. The van der Waals surface area contributed by atoms with Crippen LogP contribution in [0.15, 0.2) is 72.8 Å². The number of benzene rings is 2. The van der Waals surface area contributed by atoms with Crippen LogP contribution in [0.2, 0.25) is 0 Å². The van der Waals surface area contributed by atoms with E-state index in [-0.39, 0.29) is 0 Å². The van der Waals surface area contributed by atoms with Crippen LogP contribution >= 0.6 is 0 Å². The minimum Gasteiger partial charge on any atom is -0.264 e. The minimum atomic E-state index is -4.67. The van der Waals surface area contributed by atoms with E-state index in [1.54, 1.807) is 0 Å². The van der Waals surface area contributed by atoms with Gasteiger partial charge >= 0.3 is 20.8 Å². The topological polar surface area (TPSA) is 149 Å². The van der Waals surface area contributed by atoms with Gasteiger partial charge in [-0.25, -0.2) is 0 Å². The molecular weight excluding hydrogens is 336 g/mol. The first-order chi connectivity index (χ1) is 10.0. The molecule has 0 aliphatic heterocycles. The van der Waals surface area contributed by atoms with Gasteiger partial charge in [0.05, 0.1) is 0 Å². The lowest BCUT2D eigenvalue weighted by atomic mass is 10.4. The maximum absolute atomic E-state index is 8.74. The molecular formula is C12H16O8S2. The van der Waals surface area contributed by atoms with Crippen LogP contribution < -0.4 is 0 Å². The predicted octanol–water partition coefficient (Wildman–Crippen LogP) is 2.07. The first-order valence-corrected chi connectivity index (χ1v) is 8.19. The third-order valence-electron chi connectivity index (χ3n) is 1.33. The van der Waals surface area contributed by atoms with Crippen LogP contribution in [0.4, 0.5) is 0 Å². The van der Waals surface area contributed by atoms with Crippen molar-refractivity contribution in [2.45, 2.75) is 0 Å². The average Bonchev–Trinajstić information content (AvgIpc) is 2.40. The summed E-state index contributed by atoms with van der Waals surface area (Å²) >= 11 is 0. The molecule has 0 unspecified atom stereocenters. The van der Waals surface area contributed by atoms with Crippen molar-refractivity contribution >= 4 is 20.8 Å². The maximum atomic E-state index is 8.74. The van der Waals surface area contributed by atoms with Gasteiger partial charge in [-0.2, -0.15) is 16.8 Å². The van der Waals surface area contributed by atoms with Gasteiger partial charge in [-0.05, 0) is 0 Å². The molecule has 0 saturated heterocycles. The quantitative estimate of drug-likeness (QED) is 0.526.